The zero-order chi connectivity index (χ0) is 16.9. The highest BCUT2D eigenvalue weighted by Gasteiger charge is 2.07. The van der Waals surface area contributed by atoms with Crippen molar-refractivity contribution in [3.8, 4) is 5.75 Å². The molecule has 0 aliphatic rings. The molecule has 0 bridgehead atoms. The Balaban J connectivity index is 1.57. The number of hydrogen-bond acceptors (Lipinski definition) is 2. The molecule has 2 aromatic carbocycles. The van der Waals surface area contributed by atoms with Crippen molar-refractivity contribution >= 4 is 32.7 Å². The van der Waals surface area contributed by atoms with E-state index in [9.17, 15) is 4.79 Å². The van der Waals surface area contributed by atoms with Gasteiger partial charge in [0.15, 0.2) is 0 Å². The summed E-state index contributed by atoms with van der Waals surface area (Å²) in [4.78, 5) is 12.1. The molecule has 0 spiro atoms. The molecule has 0 unspecified atom stereocenters. The second-order valence-electron chi connectivity index (χ2n) is 5.55. The molecule has 3 rings (SSSR count). The molecule has 1 amide bonds. The first-order valence-corrected chi connectivity index (χ1v) is 8.59. The predicted molar refractivity (Wildman–Crippen MR) is 99.1 cm³/mol. The van der Waals surface area contributed by atoms with Crippen molar-refractivity contribution in [3.05, 3.63) is 64.8 Å². The quantitative estimate of drug-likeness (QED) is 0.692. The van der Waals surface area contributed by atoms with Gasteiger partial charge in [0, 0.05) is 46.6 Å². The van der Waals surface area contributed by atoms with E-state index in [2.05, 4.69) is 44.0 Å². The first-order valence-electron chi connectivity index (χ1n) is 7.80. The fourth-order valence-electron chi connectivity index (χ4n) is 2.72. The molecule has 0 fully saturated rings. The van der Waals surface area contributed by atoms with Crippen molar-refractivity contribution in [1.82, 2.24) is 9.88 Å². The zero-order valence-corrected chi connectivity index (χ0v) is 15.0. The monoisotopic (exact) mass is 386 g/mol. The number of benzene rings is 2. The highest BCUT2D eigenvalue weighted by atomic mass is 79.9. The average Bonchev–Trinajstić information content (AvgIpc) is 3.00. The van der Waals surface area contributed by atoms with Gasteiger partial charge in [-0.3, -0.25) is 4.79 Å². The van der Waals surface area contributed by atoms with Gasteiger partial charge in [-0.25, -0.2) is 0 Å². The van der Waals surface area contributed by atoms with Crippen molar-refractivity contribution in [2.45, 2.75) is 19.5 Å². The number of methoxy groups -OCH3 is 1. The Bertz CT molecular complexity index is 857. The molecule has 4 nitrogen and oxygen atoms in total. The molecule has 1 heterocycles. The van der Waals surface area contributed by atoms with Gasteiger partial charge in [-0.15, -0.1) is 0 Å². The van der Waals surface area contributed by atoms with Crippen molar-refractivity contribution < 1.29 is 9.53 Å². The number of fused-ring (bicyclic) bond motifs is 1. The highest BCUT2D eigenvalue weighted by molar-refractivity contribution is 9.10. The predicted octanol–water partition coefficient (Wildman–Crippen LogP) is 4.12. The lowest BCUT2D eigenvalue weighted by molar-refractivity contribution is -0.121. The molecular formula is C19H19BrN2O2. The summed E-state index contributed by atoms with van der Waals surface area (Å²) in [5.74, 6) is 0.819. The Hall–Kier alpha value is -2.27. The molecule has 1 N–H and O–H groups in total. The van der Waals surface area contributed by atoms with Crippen LogP contribution in [0.15, 0.2) is 59.2 Å². The van der Waals surface area contributed by atoms with Crippen molar-refractivity contribution in [1.29, 1.82) is 0 Å². The standard InChI is InChI=1S/C19H19BrN2O2/c1-24-18-5-3-2-4-15(18)13-21-19(23)9-11-22-10-8-14-12-16(20)6-7-17(14)22/h2-8,10,12H,9,11,13H2,1H3,(H,21,23). The highest BCUT2D eigenvalue weighted by Crippen LogP contribution is 2.21. The summed E-state index contributed by atoms with van der Waals surface area (Å²) in [7, 11) is 1.64. The number of carbonyl (C=O) groups is 1. The smallest absolute Gasteiger partial charge is 0.222 e. The van der Waals surface area contributed by atoms with Gasteiger partial charge < -0.3 is 14.6 Å². The van der Waals surface area contributed by atoms with Crippen LogP contribution in [0.1, 0.15) is 12.0 Å². The van der Waals surface area contributed by atoms with E-state index >= 15 is 0 Å². The lowest BCUT2D eigenvalue weighted by Crippen LogP contribution is -2.24. The Labute approximate surface area is 149 Å². The largest absolute Gasteiger partial charge is 0.496 e. The summed E-state index contributed by atoms with van der Waals surface area (Å²) < 4.78 is 8.45. The Morgan fingerprint density at radius 3 is 2.88 bits per heavy atom. The van der Waals surface area contributed by atoms with Gasteiger partial charge in [0.1, 0.15) is 5.75 Å². The van der Waals surface area contributed by atoms with Gasteiger partial charge >= 0.3 is 0 Å². The van der Waals surface area contributed by atoms with Crippen LogP contribution >= 0.6 is 15.9 Å². The second-order valence-corrected chi connectivity index (χ2v) is 6.47. The minimum Gasteiger partial charge on any atom is -0.496 e. The number of carbonyl (C=O) groups excluding carboxylic acids is 1. The Kier molecular flexibility index (Phi) is 5.20. The Morgan fingerprint density at radius 1 is 1.21 bits per heavy atom. The molecule has 0 radical (unpaired) electrons. The van der Waals surface area contributed by atoms with E-state index in [4.69, 9.17) is 4.74 Å². The number of rotatable bonds is 6. The van der Waals surface area contributed by atoms with Gasteiger partial charge in [-0.1, -0.05) is 34.1 Å². The van der Waals surface area contributed by atoms with E-state index < -0.39 is 0 Å². The SMILES string of the molecule is COc1ccccc1CNC(=O)CCn1ccc2cc(Br)ccc21. The molecular weight excluding hydrogens is 368 g/mol. The van der Waals surface area contributed by atoms with Gasteiger partial charge in [-0.2, -0.15) is 0 Å². The molecule has 0 atom stereocenters. The van der Waals surface area contributed by atoms with Crippen LogP contribution in [-0.2, 0) is 17.9 Å². The lowest BCUT2D eigenvalue weighted by Gasteiger charge is -2.10. The zero-order valence-electron chi connectivity index (χ0n) is 13.5. The molecule has 0 saturated carbocycles. The maximum atomic E-state index is 12.1. The number of nitrogens with zero attached hydrogens (tertiary/aromatic N) is 1. The number of halogens is 1. The third-order valence-corrected chi connectivity index (χ3v) is 4.47. The molecule has 1 aromatic heterocycles. The van der Waals surface area contributed by atoms with Crippen LogP contribution in [0.2, 0.25) is 0 Å². The number of ether oxygens (including phenoxy) is 1. The Morgan fingerprint density at radius 2 is 2.04 bits per heavy atom. The second kappa shape index (κ2) is 7.53. The van der Waals surface area contributed by atoms with Gasteiger partial charge in [0.2, 0.25) is 5.91 Å². The minimum atomic E-state index is 0.0277. The number of aryl methyl sites for hydroxylation is 1. The van der Waals surface area contributed by atoms with E-state index in [1.165, 1.54) is 5.39 Å². The third kappa shape index (κ3) is 3.79. The van der Waals surface area contributed by atoms with Crippen LogP contribution in [-0.4, -0.2) is 17.6 Å². The molecule has 5 heteroatoms. The molecule has 0 saturated heterocycles. The van der Waals surface area contributed by atoms with Crippen LogP contribution in [0.4, 0.5) is 0 Å². The minimum absolute atomic E-state index is 0.0277. The number of nitrogens with one attached hydrogen (secondary N) is 1. The average molecular weight is 387 g/mol. The van der Waals surface area contributed by atoms with E-state index in [-0.39, 0.29) is 5.91 Å². The van der Waals surface area contributed by atoms with Crippen LogP contribution in [0.5, 0.6) is 5.75 Å². The van der Waals surface area contributed by atoms with Crippen molar-refractivity contribution in [2.24, 2.45) is 0 Å². The summed E-state index contributed by atoms with van der Waals surface area (Å²) in [6, 6.07) is 15.9. The normalized spacial score (nSPS) is 10.8. The van der Waals surface area contributed by atoms with Crippen LogP contribution in [0.25, 0.3) is 10.9 Å². The van der Waals surface area contributed by atoms with Crippen LogP contribution < -0.4 is 10.1 Å². The summed E-state index contributed by atoms with van der Waals surface area (Å²) in [6.07, 6.45) is 2.46. The third-order valence-electron chi connectivity index (χ3n) is 3.98. The summed E-state index contributed by atoms with van der Waals surface area (Å²) in [6.45, 7) is 1.13. The summed E-state index contributed by atoms with van der Waals surface area (Å²) in [5.41, 5.74) is 2.11. The maximum Gasteiger partial charge on any atom is 0.222 e. The molecule has 24 heavy (non-hydrogen) atoms. The fraction of sp³-hybridized carbons (Fsp3) is 0.211. The summed E-state index contributed by atoms with van der Waals surface area (Å²) in [5, 5.41) is 4.12. The molecule has 3 aromatic rings. The number of hydrogen-bond donors (Lipinski definition) is 1. The van der Waals surface area contributed by atoms with Gasteiger partial charge in [0.05, 0.1) is 7.11 Å². The van der Waals surface area contributed by atoms with Crippen LogP contribution in [0.3, 0.4) is 0 Å². The van der Waals surface area contributed by atoms with Gasteiger partial charge in [0.25, 0.3) is 0 Å². The lowest BCUT2D eigenvalue weighted by atomic mass is 10.2. The number of aromatic nitrogens is 1. The summed E-state index contributed by atoms with van der Waals surface area (Å²) >= 11 is 3.47. The molecule has 124 valence electrons. The maximum absolute atomic E-state index is 12.1. The van der Waals surface area contributed by atoms with E-state index in [1.807, 2.05) is 36.5 Å². The van der Waals surface area contributed by atoms with E-state index in [0.717, 1.165) is 21.3 Å². The van der Waals surface area contributed by atoms with Crippen molar-refractivity contribution in [2.75, 3.05) is 7.11 Å². The van der Waals surface area contributed by atoms with E-state index in [0.29, 0.717) is 19.5 Å². The van der Waals surface area contributed by atoms with Crippen molar-refractivity contribution in [3.63, 3.8) is 0 Å². The van der Waals surface area contributed by atoms with Crippen LogP contribution in [0, 0.1) is 0 Å². The number of amides is 1. The first-order chi connectivity index (χ1) is 11.7. The van der Waals surface area contributed by atoms with E-state index in [1.54, 1.807) is 7.11 Å². The first kappa shape index (κ1) is 16.6. The molecule has 0 aliphatic heterocycles. The fourth-order valence-corrected chi connectivity index (χ4v) is 3.10. The number of para-hydroxylation sites is 1. The van der Waals surface area contributed by atoms with Gasteiger partial charge in [-0.05, 0) is 30.3 Å². The molecule has 0 aliphatic carbocycles. The topological polar surface area (TPSA) is 43.3 Å².